The Hall–Kier alpha value is -2.94. The van der Waals surface area contributed by atoms with Gasteiger partial charge in [0, 0.05) is 0 Å². The molecule has 0 radical (unpaired) electrons. The van der Waals surface area contributed by atoms with Crippen LogP contribution in [0.15, 0.2) is 60.7 Å². The van der Waals surface area contributed by atoms with Crippen molar-refractivity contribution >= 4 is 12.1 Å². The van der Waals surface area contributed by atoms with Gasteiger partial charge in [0.15, 0.2) is 11.8 Å². The van der Waals surface area contributed by atoms with Crippen LogP contribution < -0.4 is 5.32 Å². The second-order valence-electron chi connectivity index (χ2n) is 8.50. The Bertz CT molecular complexity index is 919. The molecule has 1 aliphatic heterocycles. The number of ether oxygens (including phenoxy) is 5. The maximum absolute atomic E-state index is 13.0. The van der Waals surface area contributed by atoms with Gasteiger partial charge >= 0.3 is 12.1 Å². The van der Waals surface area contributed by atoms with Gasteiger partial charge in [-0.1, -0.05) is 60.7 Å². The van der Waals surface area contributed by atoms with E-state index >= 15 is 0 Å². The standard InChI is InChI=1S/C26H33NO7/c1-5-30-24(28)21(27-25(29)32-17-20-14-10-7-11-15-20)23(22-18(2)33-26(3,4)34-22)31-16-19-12-8-6-9-13-19/h6-15,18,21-23H,5,16-17H2,1-4H3,(H,27,29)/t18-,21-,22+,23-/m1/s1. The van der Waals surface area contributed by atoms with Crippen molar-refractivity contribution in [2.75, 3.05) is 6.61 Å². The third-order valence-corrected chi connectivity index (χ3v) is 5.32. The van der Waals surface area contributed by atoms with Crippen molar-refractivity contribution in [3.05, 3.63) is 71.8 Å². The molecule has 8 heteroatoms. The Morgan fingerprint density at radius 2 is 1.53 bits per heavy atom. The van der Waals surface area contributed by atoms with Crippen LogP contribution in [0.25, 0.3) is 0 Å². The lowest BCUT2D eigenvalue weighted by Crippen LogP contribution is -2.56. The van der Waals surface area contributed by atoms with E-state index < -0.39 is 42.2 Å². The zero-order valence-electron chi connectivity index (χ0n) is 20.1. The van der Waals surface area contributed by atoms with Gasteiger partial charge in [-0.3, -0.25) is 0 Å². The predicted octanol–water partition coefficient (Wildman–Crippen LogP) is 3.97. The lowest BCUT2D eigenvalue weighted by molar-refractivity contribution is -0.171. The predicted molar refractivity (Wildman–Crippen MR) is 125 cm³/mol. The summed E-state index contributed by atoms with van der Waals surface area (Å²) in [7, 11) is 0. The molecule has 1 fully saturated rings. The van der Waals surface area contributed by atoms with Gasteiger partial charge in [0.1, 0.15) is 18.8 Å². The quantitative estimate of drug-likeness (QED) is 0.524. The van der Waals surface area contributed by atoms with Crippen molar-refractivity contribution in [2.24, 2.45) is 0 Å². The highest BCUT2D eigenvalue weighted by Crippen LogP contribution is 2.32. The zero-order valence-corrected chi connectivity index (χ0v) is 20.1. The summed E-state index contributed by atoms with van der Waals surface area (Å²) in [6, 6.07) is 17.6. The highest BCUT2D eigenvalue weighted by Gasteiger charge is 2.48. The van der Waals surface area contributed by atoms with E-state index in [1.165, 1.54) is 0 Å². The number of benzene rings is 2. The van der Waals surface area contributed by atoms with Gasteiger partial charge in [-0.2, -0.15) is 0 Å². The lowest BCUT2D eigenvalue weighted by atomic mass is 10.0. The molecule has 184 valence electrons. The second kappa shape index (κ2) is 12.0. The van der Waals surface area contributed by atoms with E-state index in [-0.39, 0.29) is 19.8 Å². The first kappa shape index (κ1) is 25.7. The summed E-state index contributed by atoms with van der Waals surface area (Å²) >= 11 is 0. The van der Waals surface area contributed by atoms with Crippen LogP contribution in [0.2, 0.25) is 0 Å². The summed E-state index contributed by atoms with van der Waals surface area (Å²) in [6.07, 6.45) is -2.68. The first-order chi connectivity index (χ1) is 16.3. The van der Waals surface area contributed by atoms with E-state index in [1.807, 2.05) is 67.6 Å². The Morgan fingerprint density at radius 3 is 2.06 bits per heavy atom. The van der Waals surface area contributed by atoms with Gasteiger partial charge in [0.25, 0.3) is 0 Å². The average molecular weight is 472 g/mol. The minimum absolute atomic E-state index is 0.0598. The SMILES string of the molecule is CCOC(=O)[C@H](NC(=O)OCc1ccccc1)[C@@H](OCc1ccccc1)[C@H]1OC(C)(C)O[C@@H]1C. The van der Waals surface area contributed by atoms with Crippen molar-refractivity contribution in [1.82, 2.24) is 5.32 Å². The third kappa shape index (κ3) is 7.28. The van der Waals surface area contributed by atoms with E-state index in [9.17, 15) is 9.59 Å². The average Bonchev–Trinajstić information content (AvgIpc) is 3.10. The van der Waals surface area contributed by atoms with Crippen molar-refractivity contribution < 1.29 is 33.3 Å². The number of rotatable bonds is 10. The topological polar surface area (TPSA) is 92.3 Å². The van der Waals surface area contributed by atoms with Crippen LogP contribution in [-0.4, -0.2) is 48.8 Å². The fourth-order valence-electron chi connectivity index (χ4n) is 3.85. The molecule has 0 bridgehead atoms. The normalized spacial score (nSPS) is 20.8. The van der Waals surface area contributed by atoms with E-state index in [4.69, 9.17) is 23.7 Å². The van der Waals surface area contributed by atoms with Gasteiger partial charge in [0.2, 0.25) is 0 Å². The molecule has 1 heterocycles. The second-order valence-corrected chi connectivity index (χ2v) is 8.50. The molecule has 4 atom stereocenters. The van der Waals surface area contributed by atoms with E-state index in [0.717, 1.165) is 11.1 Å². The number of carbonyl (C=O) groups excluding carboxylic acids is 2. The zero-order chi connectivity index (χ0) is 24.6. The van der Waals surface area contributed by atoms with Crippen LogP contribution in [0.5, 0.6) is 0 Å². The molecule has 1 N–H and O–H groups in total. The van der Waals surface area contributed by atoms with Crippen molar-refractivity contribution in [2.45, 2.75) is 71.0 Å². The van der Waals surface area contributed by atoms with Gasteiger partial charge in [-0.05, 0) is 38.8 Å². The summed E-state index contributed by atoms with van der Waals surface area (Å²) in [4.78, 5) is 25.6. The molecule has 2 aromatic carbocycles. The molecule has 0 aromatic heterocycles. The van der Waals surface area contributed by atoms with E-state index in [0.29, 0.717) is 0 Å². The minimum Gasteiger partial charge on any atom is -0.464 e. The molecule has 0 unspecified atom stereocenters. The molecule has 1 amide bonds. The van der Waals surface area contributed by atoms with Crippen LogP contribution in [0.1, 0.15) is 38.8 Å². The number of esters is 1. The molecular formula is C26H33NO7. The lowest BCUT2D eigenvalue weighted by Gasteiger charge is -2.31. The largest absolute Gasteiger partial charge is 0.464 e. The van der Waals surface area contributed by atoms with Crippen molar-refractivity contribution in [1.29, 1.82) is 0 Å². The molecule has 34 heavy (non-hydrogen) atoms. The molecular weight excluding hydrogens is 438 g/mol. The van der Waals surface area contributed by atoms with Gasteiger partial charge < -0.3 is 29.0 Å². The van der Waals surface area contributed by atoms with Gasteiger partial charge in [0.05, 0.1) is 19.3 Å². The highest BCUT2D eigenvalue weighted by molar-refractivity contribution is 5.82. The highest BCUT2D eigenvalue weighted by atomic mass is 16.8. The van der Waals surface area contributed by atoms with E-state index in [2.05, 4.69) is 5.32 Å². The Kier molecular flexibility index (Phi) is 9.04. The maximum Gasteiger partial charge on any atom is 0.408 e. The Labute approximate surface area is 200 Å². The molecule has 0 saturated carbocycles. The van der Waals surface area contributed by atoms with Crippen molar-refractivity contribution in [3.63, 3.8) is 0 Å². The Balaban J connectivity index is 1.79. The first-order valence-corrected chi connectivity index (χ1v) is 11.4. The van der Waals surface area contributed by atoms with Crippen LogP contribution in [0, 0.1) is 0 Å². The summed E-state index contributed by atoms with van der Waals surface area (Å²) in [5.41, 5.74) is 1.73. The van der Waals surface area contributed by atoms with Gasteiger partial charge in [-0.25, -0.2) is 9.59 Å². The summed E-state index contributed by atoms with van der Waals surface area (Å²) in [5.74, 6) is -1.51. The van der Waals surface area contributed by atoms with Crippen LogP contribution in [0.3, 0.4) is 0 Å². The summed E-state index contributed by atoms with van der Waals surface area (Å²) in [5, 5.41) is 2.64. The summed E-state index contributed by atoms with van der Waals surface area (Å²) in [6.45, 7) is 7.53. The molecule has 3 rings (SSSR count). The maximum atomic E-state index is 13.0. The van der Waals surface area contributed by atoms with E-state index in [1.54, 1.807) is 20.8 Å². The molecule has 0 aliphatic carbocycles. The number of nitrogens with one attached hydrogen (secondary N) is 1. The fraction of sp³-hybridized carbons (Fsp3) is 0.462. The minimum atomic E-state index is -1.17. The fourth-order valence-corrected chi connectivity index (χ4v) is 3.85. The summed E-state index contributed by atoms with van der Waals surface area (Å²) < 4.78 is 28.8. The number of alkyl carbamates (subject to hydrolysis) is 1. The van der Waals surface area contributed by atoms with Crippen LogP contribution in [0.4, 0.5) is 4.79 Å². The Morgan fingerprint density at radius 1 is 0.941 bits per heavy atom. The molecule has 0 spiro atoms. The van der Waals surface area contributed by atoms with Gasteiger partial charge in [-0.15, -0.1) is 0 Å². The molecule has 8 nitrogen and oxygen atoms in total. The van der Waals surface area contributed by atoms with Crippen molar-refractivity contribution in [3.8, 4) is 0 Å². The van der Waals surface area contributed by atoms with Crippen LogP contribution in [-0.2, 0) is 41.7 Å². The smallest absolute Gasteiger partial charge is 0.408 e. The molecule has 1 saturated heterocycles. The van der Waals surface area contributed by atoms with Crippen LogP contribution >= 0.6 is 0 Å². The number of carbonyl (C=O) groups is 2. The number of hydrogen-bond acceptors (Lipinski definition) is 7. The monoisotopic (exact) mass is 471 g/mol. The molecule has 1 aliphatic rings. The first-order valence-electron chi connectivity index (χ1n) is 11.4. The number of amides is 1. The molecule has 2 aromatic rings. The third-order valence-electron chi connectivity index (χ3n) is 5.32. The number of hydrogen-bond donors (Lipinski definition) is 1.